The summed E-state index contributed by atoms with van der Waals surface area (Å²) in [4.78, 5) is 11.0. The number of alkyl carbamates (subject to hydrolysis) is 1. The summed E-state index contributed by atoms with van der Waals surface area (Å²) in [5.74, 6) is 0. The summed E-state index contributed by atoms with van der Waals surface area (Å²) in [5.41, 5.74) is -0.463. The summed E-state index contributed by atoms with van der Waals surface area (Å²) in [5, 5.41) is 11.5. The number of carbonyl (C=O) groups excluding carboxylic acids is 1. The van der Waals surface area contributed by atoms with Crippen LogP contribution >= 0.6 is 0 Å². The first kappa shape index (κ1) is 17.6. The van der Waals surface area contributed by atoms with Gasteiger partial charge in [0.1, 0.15) is 5.60 Å². The molecule has 0 aromatic heterocycles. The van der Waals surface area contributed by atoms with Gasteiger partial charge in [-0.2, -0.15) is 0 Å². The highest BCUT2D eigenvalue weighted by molar-refractivity contribution is 5.67. The van der Waals surface area contributed by atoms with E-state index in [1.54, 1.807) is 27.7 Å². The average Bonchev–Trinajstić information content (AvgIpc) is 2.00. The summed E-state index contributed by atoms with van der Waals surface area (Å²) in [7, 11) is 0. The molecule has 0 aliphatic carbocycles. The third-order valence-electron chi connectivity index (χ3n) is 1.23. The quantitative estimate of drug-likeness (QED) is 0.788. The number of hydrogen-bond acceptors (Lipinski definition) is 3. The standard InChI is InChI=1S/C9H19NO3.C3H8/c1-7(11)5-6-10-8(12)13-9(2,3)4;1-3-2/h7,11H,5-6H2,1-4H3,(H,10,12);3H2,1-2H3. The minimum Gasteiger partial charge on any atom is -0.444 e. The van der Waals surface area contributed by atoms with E-state index in [1.165, 1.54) is 6.42 Å². The predicted molar refractivity (Wildman–Crippen MR) is 66.5 cm³/mol. The Hall–Kier alpha value is -0.770. The molecule has 0 rings (SSSR count). The molecular formula is C12H27NO3. The predicted octanol–water partition coefficient (Wildman–Crippen LogP) is 2.70. The minimum atomic E-state index is -0.463. The van der Waals surface area contributed by atoms with E-state index in [-0.39, 0.29) is 0 Å². The van der Waals surface area contributed by atoms with Gasteiger partial charge in [-0.15, -0.1) is 0 Å². The van der Waals surface area contributed by atoms with E-state index in [0.717, 1.165) is 0 Å². The van der Waals surface area contributed by atoms with E-state index in [0.29, 0.717) is 13.0 Å². The lowest BCUT2D eigenvalue weighted by atomic mass is 10.2. The van der Waals surface area contributed by atoms with Gasteiger partial charge in [0.25, 0.3) is 0 Å². The minimum absolute atomic E-state index is 0.394. The number of hydrogen-bond donors (Lipinski definition) is 2. The van der Waals surface area contributed by atoms with Crippen molar-refractivity contribution in [3.8, 4) is 0 Å². The Morgan fingerprint density at radius 3 is 2.12 bits per heavy atom. The summed E-state index contributed by atoms with van der Waals surface area (Å²) in [6.45, 7) is 11.8. The van der Waals surface area contributed by atoms with E-state index >= 15 is 0 Å². The van der Waals surface area contributed by atoms with Crippen molar-refractivity contribution in [3.05, 3.63) is 0 Å². The monoisotopic (exact) mass is 233 g/mol. The fourth-order valence-electron chi connectivity index (χ4n) is 0.697. The van der Waals surface area contributed by atoms with Gasteiger partial charge in [0.15, 0.2) is 0 Å². The fourth-order valence-corrected chi connectivity index (χ4v) is 0.697. The zero-order valence-electron chi connectivity index (χ0n) is 11.5. The molecule has 0 saturated carbocycles. The molecule has 0 spiro atoms. The van der Waals surface area contributed by atoms with Crippen molar-refractivity contribution in [2.75, 3.05) is 6.54 Å². The first-order valence-electron chi connectivity index (χ1n) is 5.87. The molecule has 0 aliphatic rings. The second kappa shape index (κ2) is 9.46. The Morgan fingerprint density at radius 2 is 1.81 bits per heavy atom. The van der Waals surface area contributed by atoms with E-state index in [9.17, 15) is 4.79 Å². The highest BCUT2D eigenvalue weighted by Gasteiger charge is 2.15. The Bertz CT molecular complexity index is 174. The second-order valence-corrected chi connectivity index (χ2v) is 4.77. The molecule has 0 bridgehead atoms. The first-order chi connectivity index (χ1) is 7.22. The third kappa shape index (κ3) is 18.9. The number of nitrogens with one attached hydrogen (secondary N) is 1. The SMILES string of the molecule is CC(O)CCNC(=O)OC(C)(C)C.CCC. The molecule has 0 heterocycles. The van der Waals surface area contributed by atoms with Gasteiger partial charge < -0.3 is 15.2 Å². The zero-order valence-corrected chi connectivity index (χ0v) is 11.5. The Morgan fingerprint density at radius 1 is 1.38 bits per heavy atom. The molecule has 1 unspecified atom stereocenters. The lowest BCUT2D eigenvalue weighted by Gasteiger charge is -2.19. The lowest BCUT2D eigenvalue weighted by molar-refractivity contribution is 0.0520. The van der Waals surface area contributed by atoms with E-state index in [4.69, 9.17) is 9.84 Å². The van der Waals surface area contributed by atoms with Crippen LogP contribution < -0.4 is 5.32 Å². The topological polar surface area (TPSA) is 58.6 Å². The molecule has 0 saturated heterocycles. The number of rotatable bonds is 3. The van der Waals surface area contributed by atoms with Crippen LogP contribution in [0.2, 0.25) is 0 Å². The Balaban J connectivity index is 0. The van der Waals surface area contributed by atoms with Gasteiger partial charge in [-0.05, 0) is 34.1 Å². The fraction of sp³-hybridized carbons (Fsp3) is 0.917. The maximum absolute atomic E-state index is 11.0. The first-order valence-corrected chi connectivity index (χ1v) is 5.87. The molecule has 4 heteroatoms. The maximum atomic E-state index is 11.0. The number of carbonyl (C=O) groups is 1. The van der Waals surface area contributed by atoms with Crippen molar-refractivity contribution in [2.45, 2.75) is 66.1 Å². The summed E-state index contributed by atoms with van der Waals surface area (Å²) >= 11 is 0. The highest BCUT2D eigenvalue weighted by Crippen LogP contribution is 2.06. The zero-order chi connectivity index (χ0) is 13.2. The molecule has 4 nitrogen and oxygen atoms in total. The molecule has 0 aromatic rings. The second-order valence-electron chi connectivity index (χ2n) is 4.77. The molecule has 0 radical (unpaired) electrons. The molecule has 16 heavy (non-hydrogen) atoms. The molecule has 2 N–H and O–H groups in total. The van der Waals surface area contributed by atoms with Crippen LogP contribution in [0.1, 0.15) is 54.4 Å². The third-order valence-corrected chi connectivity index (χ3v) is 1.23. The summed E-state index contributed by atoms with van der Waals surface area (Å²) in [6.07, 6.45) is 0.960. The van der Waals surface area contributed by atoms with Crippen molar-refractivity contribution in [1.82, 2.24) is 5.32 Å². The van der Waals surface area contributed by atoms with Crippen LogP contribution in [0.3, 0.4) is 0 Å². The van der Waals surface area contributed by atoms with Crippen LogP contribution in [0.4, 0.5) is 4.79 Å². The van der Waals surface area contributed by atoms with Crippen molar-refractivity contribution >= 4 is 6.09 Å². The van der Waals surface area contributed by atoms with Crippen molar-refractivity contribution in [1.29, 1.82) is 0 Å². The molecule has 0 aromatic carbocycles. The summed E-state index contributed by atoms with van der Waals surface area (Å²) < 4.78 is 4.99. The van der Waals surface area contributed by atoms with E-state index in [2.05, 4.69) is 19.2 Å². The largest absolute Gasteiger partial charge is 0.444 e. The van der Waals surface area contributed by atoms with Crippen LogP contribution in [-0.2, 0) is 4.74 Å². The van der Waals surface area contributed by atoms with Gasteiger partial charge in [-0.3, -0.25) is 0 Å². The number of ether oxygens (including phenoxy) is 1. The highest BCUT2D eigenvalue weighted by atomic mass is 16.6. The van der Waals surface area contributed by atoms with E-state index < -0.39 is 17.8 Å². The van der Waals surface area contributed by atoms with Gasteiger partial charge in [0.2, 0.25) is 0 Å². The van der Waals surface area contributed by atoms with Crippen LogP contribution in [0.15, 0.2) is 0 Å². The molecule has 1 amide bonds. The molecular weight excluding hydrogens is 206 g/mol. The van der Waals surface area contributed by atoms with Gasteiger partial charge in [0.05, 0.1) is 6.10 Å². The van der Waals surface area contributed by atoms with Crippen molar-refractivity contribution < 1.29 is 14.6 Å². The van der Waals surface area contributed by atoms with Crippen LogP contribution in [-0.4, -0.2) is 29.4 Å². The Kier molecular flexibility index (Phi) is 10.4. The van der Waals surface area contributed by atoms with Gasteiger partial charge >= 0.3 is 6.09 Å². The molecule has 0 fully saturated rings. The number of amides is 1. The molecule has 98 valence electrons. The van der Waals surface area contributed by atoms with Crippen molar-refractivity contribution in [2.24, 2.45) is 0 Å². The van der Waals surface area contributed by atoms with Crippen LogP contribution in [0.25, 0.3) is 0 Å². The lowest BCUT2D eigenvalue weighted by Crippen LogP contribution is -2.33. The van der Waals surface area contributed by atoms with Crippen LogP contribution in [0, 0.1) is 0 Å². The number of aliphatic hydroxyl groups excluding tert-OH is 1. The van der Waals surface area contributed by atoms with Gasteiger partial charge in [-0.1, -0.05) is 20.3 Å². The maximum Gasteiger partial charge on any atom is 0.407 e. The van der Waals surface area contributed by atoms with Gasteiger partial charge in [0, 0.05) is 6.54 Å². The molecule has 0 aliphatic heterocycles. The smallest absolute Gasteiger partial charge is 0.407 e. The molecule has 1 atom stereocenters. The van der Waals surface area contributed by atoms with E-state index in [1.807, 2.05) is 0 Å². The van der Waals surface area contributed by atoms with Crippen LogP contribution in [0.5, 0.6) is 0 Å². The van der Waals surface area contributed by atoms with Crippen molar-refractivity contribution in [3.63, 3.8) is 0 Å². The summed E-state index contributed by atoms with van der Waals surface area (Å²) in [6, 6.07) is 0. The Labute approximate surface area is 99.4 Å². The average molecular weight is 233 g/mol. The normalized spacial score (nSPS) is 12.2. The van der Waals surface area contributed by atoms with Gasteiger partial charge in [-0.25, -0.2) is 4.79 Å². The number of aliphatic hydroxyl groups is 1.